The Morgan fingerprint density at radius 2 is 2.00 bits per heavy atom. The molecule has 0 aliphatic heterocycles. The average Bonchev–Trinajstić information content (AvgIpc) is 2.51. The number of hydrogen-bond acceptors (Lipinski definition) is 4. The van der Waals surface area contributed by atoms with Gasteiger partial charge in [0, 0.05) is 5.56 Å². The van der Waals surface area contributed by atoms with Gasteiger partial charge in [-0.25, -0.2) is 0 Å². The maximum atomic E-state index is 9.16. The Hall–Kier alpha value is -2.80. The minimum absolute atomic E-state index is 0.237. The van der Waals surface area contributed by atoms with Crippen LogP contribution in [0, 0.1) is 18.3 Å². The van der Waals surface area contributed by atoms with Gasteiger partial charge >= 0.3 is 0 Å². The van der Waals surface area contributed by atoms with Gasteiger partial charge < -0.3 is 9.57 Å². The van der Waals surface area contributed by atoms with E-state index < -0.39 is 0 Å². The van der Waals surface area contributed by atoms with E-state index in [0.29, 0.717) is 6.61 Å². The molecule has 0 aliphatic carbocycles. The molecule has 0 atom stereocenters. The molecule has 0 radical (unpaired) electrons. The molecular weight excluding hydrogens is 264 g/mol. The summed E-state index contributed by atoms with van der Waals surface area (Å²) in [7, 11) is 1.42. The number of nitriles is 1. The zero-order valence-corrected chi connectivity index (χ0v) is 12.0. The van der Waals surface area contributed by atoms with Crippen LogP contribution in [0.1, 0.15) is 16.7 Å². The lowest BCUT2D eigenvalue weighted by Gasteiger charge is -2.10. The van der Waals surface area contributed by atoms with Crippen LogP contribution in [0.3, 0.4) is 0 Å². The fourth-order valence-corrected chi connectivity index (χ4v) is 1.96. The van der Waals surface area contributed by atoms with Crippen molar-refractivity contribution < 1.29 is 9.57 Å². The molecule has 0 unspecified atom stereocenters. The second-order valence-electron chi connectivity index (χ2n) is 4.50. The van der Waals surface area contributed by atoms with Crippen molar-refractivity contribution in [2.45, 2.75) is 13.5 Å². The smallest absolute Gasteiger partial charge is 0.187 e. The van der Waals surface area contributed by atoms with Gasteiger partial charge in [-0.05, 0) is 30.2 Å². The summed E-state index contributed by atoms with van der Waals surface area (Å²) < 4.78 is 5.78. The van der Waals surface area contributed by atoms with E-state index in [-0.39, 0.29) is 5.71 Å². The van der Waals surface area contributed by atoms with Crippen LogP contribution in [-0.2, 0) is 11.4 Å². The van der Waals surface area contributed by atoms with Crippen molar-refractivity contribution in [1.82, 2.24) is 0 Å². The van der Waals surface area contributed by atoms with E-state index in [4.69, 9.17) is 14.8 Å². The summed E-state index contributed by atoms with van der Waals surface area (Å²) in [4.78, 5) is 4.71. The Morgan fingerprint density at radius 3 is 2.71 bits per heavy atom. The van der Waals surface area contributed by atoms with Crippen LogP contribution in [0.5, 0.6) is 5.75 Å². The van der Waals surface area contributed by atoms with Crippen LogP contribution in [0.25, 0.3) is 0 Å². The standard InChI is InChI=1S/C17H16N2O2/c1-13-6-5-8-15(10-13)21-12-14-7-3-4-9-16(14)17(11-18)19-20-2/h3-10H,12H2,1-2H3/b19-17-. The molecule has 0 saturated heterocycles. The van der Waals surface area contributed by atoms with Gasteiger partial charge in [-0.15, -0.1) is 0 Å². The van der Waals surface area contributed by atoms with Crippen molar-refractivity contribution in [3.8, 4) is 11.8 Å². The van der Waals surface area contributed by atoms with E-state index in [0.717, 1.165) is 22.4 Å². The van der Waals surface area contributed by atoms with E-state index in [1.807, 2.05) is 61.5 Å². The lowest BCUT2D eigenvalue weighted by atomic mass is 10.0. The molecule has 2 aromatic carbocycles. The first-order valence-corrected chi connectivity index (χ1v) is 6.53. The summed E-state index contributed by atoms with van der Waals surface area (Å²) in [6, 6.07) is 17.4. The third-order valence-electron chi connectivity index (χ3n) is 2.94. The van der Waals surface area contributed by atoms with E-state index in [9.17, 15) is 0 Å². The molecule has 0 saturated carbocycles. The van der Waals surface area contributed by atoms with Gasteiger partial charge in [-0.3, -0.25) is 0 Å². The number of oxime groups is 1. The molecule has 2 rings (SSSR count). The Balaban J connectivity index is 2.21. The minimum atomic E-state index is 0.237. The van der Waals surface area contributed by atoms with E-state index in [1.54, 1.807) is 0 Å². The van der Waals surface area contributed by atoms with Crippen molar-refractivity contribution in [2.24, 2.45) is 5.16 Å². The number of hydrogen-bond donors (Lipinski definition) is 0. The second kappa shape index (κ2) is 7.11. The van der Waals surface area contributed by atoms with E-state index in [2.05, 4.69) is 5.16 Å². The van der Waals surface area contributed by atoms with E-state index >= 15 is 0 Å². The maximum absolute atomic E-state index is 9.16. The minimum Gasteiger partial charge on any atom is -0.489 e. The highest BCUT2D eigenvalue weighted by atomic mass is 16.6. The highest BCUT2D eigenvalue weighted by molar-refractivity contribution is 6.12. The van der Waals surface area contributed by atoms with Crippen LogP contribution in [0.2, 0.25) is 0 Å². The Labute approximate surface area is 124 Å². The largest absolute Gasteiger partial charge is 0.489 e. The summed E-state index contributed by atoms with van der Waals surface area (Å²) in [5.41, 5.74) is 2.98. The zero-order chi connectivity index (χ0) is 15.1. The Morgan fingerprint density at radius 1 is 1.19 bits per heavy atom. The van der Waals surface area contributed by atoms with Crippen molar-refractivity contribution in [3.63, 3.8) is 0 Å². The second-order valence-corrected chi connectivity index (χ2v) is 4.50. The number of nitrogens with zero attached hydrogens (tertiary/aromatic N) is 2. The van der Waals surface area contributed by atoms with Crippen LogP contribution < -0.4 is 4.74 Å². The summed E-state index contributed by atoms with van der Waals surface area (Å²) in [6.45, 7) is 2.38. The lowest BCUT2D eigenvalue weighted by Crippen LogP contribution is -2.06. The molecule has 106 valence electrons. The molecule has 0 heterocycles. The SMILES string of the molecule is CO/N=C(/C#N)c1ccccc1COc1cccc(C)c1. The van der Waals surface area contributed by atoms with Crippen LogP contribution >= 0.6 is 0 Å². The predicted octanol–water partition coefficient (Wildman–Crippen LogP) is 3.45. The van der Waals surface area contributed by atoms with Crippen LogP contribution in [0.4, 0.5) is 0 Å². The molecule has 2 aromatic rings. The number of aryl methyl sites for hydroxylation is 1. The van der Waals surface area contributed by atoms with Crippen molar-refractivity contribution in [3.05, 3.63) is 65.2 Å². The van der Waals surface area contributed by atoms with Gasteiger partial charge in [-0.1, -0.05) is 41.6 Å². The molecule has 21 heavy (non-hydrogen) atoms. The summed E-state index contributed by atoms with van der Waals surface area (Å²) in [5, 5.41) is 12.9. The molecule has 0 aliphatic rings. The predicted molar refractivity (Wildman–Crippen MR) is 81.1 cm³/mol. The highest BCUT2D eigenvalue weighted by Gasteiger charge is 2.10. The van der Waals surface area contributed by atoms with Crippen LogP contribution in [-0.4, -0.2) is 12.8 Å². The van der Waals surface area contributed by atoms with Gasteiger partial charge in [0.15, 0.2) is 5.71 Å². The average molecular weight is 280 g/mol. The number of ether oxygens (including phenoxy) is 1. The molecule has 0 amide bonds. The van der Waals surface area contributed by atoms with Crippen LogP contribution in [0.15, 0.2) is 53.7 Å². The topological polar surface area (TPSA) is 54.6 Å². The Bertz CT molecular complexity index is 687. The molecule has 0 N–H and O–H groups in total. The third-order valence-corrected chi connectivity index (χ3v) is 2.94. The first-order chi connectivity index (χ1) is 10.2. The monoisotopic (exact) mass is 280 g/mol. The fraction of sp³-hybridized carbons (Fsp3) is 0.176. The van der Waals surface area contributed by atoms with Crippen molar-refractivity contribution in [1.29, 1.82) is 5.26 Å². The first-order valence-electron chi connectivity index (χ1n) is 6.53. The third kappa shape index (κ3) is 3.83. The molecule has 4 nitrogen and oxygen atoms in total. The fourth-order valence-electron chi connectivity index (χ4n) is 1.96. The number of rotatable bonds is 5. The van der Waals surface area contributed by atoms with Gasteiger partial charge in [-0.2, -0.15) is 5.26 Å². The van der Waals surface area contributed by atoms with Gasteiger partial charge in [0.25, 0.3) is 0 Å². The summed E-state index contributed by atoms with van der Waals surface area (Å²) in [5.74, 6) is 0.798. The van der Waals surface area contributed by atoms with Gasteiger partial charge in [0.1, 0.15) is 25.5 Å². The van der Waals surface area contributed by atoms with E-state index in [1.165, 1.54) is 7.11 Å². The Kier molecular flexibility index (Phi) is 4.94. The van der Waals surface area contributed by atoms with Gasteiger partial charge in [0.05, 0.1) is 0 Å². The maximum Gasteiger partial charge on any atom is 0.187 e. The summed E-state index contributed by atoms with van der Waals surface area (Å²) in [6.07, 6.45) is 0. The summed E-state index contributed by atoms with van der Waals surface area (Å²) >= 11 is 0. The van der Waals surface area contributed by atoms with Crippen molar-refractivity contribution >= 4 is 5.71 Å². The molecule has 4 heteroatoms. The zero-order valence-electron chi connectivity index (χ0n) is 12.0. The lowest BCUT2D eigenvalue weighted by molar-refractivity contribution is 0.214. The highest BCUT2D eigenvalue weighted by Crippen LogP contribution is 2.17. The molecule has 0 aromatic heterocycles. The molecule has 0 bridgehead atoms. The first kappa shape index (κ1) is 14.6. The normalized spacial score (nSPS) is 10.8. The van der Waals surface area contributed by atoms with Crippen molar-refractivity contribution in [2.75, 3.05) is 7.11 Å². The van der Waals surface area contributed by atoms with Gasteiger partial charge in [0.2, 0.25) is 0 Å². The number of benzene rings is 2. The quantitative estimate of drug-likeness (QED) is 0.622. The molecular formula is C17H16N2O2. The molecule has 0 spiro atoms. The molecule has 0 fully saturated rings.